The van der Waals surface area contributed by atoms with Crippen LogP contribution in [0.3, 0.4) is 0 Å². The molecule has 1 aromatic carbocycles. The van der Waals surface area contributed by atoms with Crippen molar-refractivity contribution in [2.45, 2.75) is 43.9 Å². The number of aromatic nitrogens is 2. The summed E-state index contributed by atoms with van der Waals surface area (Å²) in [5, 5.41) is 4.33. The van der Waals surface area contributed by atoms with Gasteiger partial charge in [-0.3, -0.25) is 0 Å². The summed E-state index contributed by atoms with van der Waals surface area (Å²) in [5.41, 5.74) is -1.07. The van der Waals surface area contributed by atoms with Gasteiger partial charge in [-0.2, -0.15) is 22.7 Å². The van der Waals surface area contributed by atoms with Gasteiger partial charge in [0.15, 0.2) is 6.04 Å². The molecule has 1 fully saturated rings. The average Bonchev–Trinajstić information content (AvgIpc) is 3.17. The Morgan fingerprint density at radius 1 is 1.18 bits per heavy atom. The summed E-state index contributed by atoms with van der Waals surface area (Å²) in [6.07, 6.45) is 1.64. The van der Waals surface area contributed by atoms with Crippen molar-refractivity contribution >= 4 is 28.8 Å². The molecule has 2 aliphatic rings. The number of esters is 1. The molecule has 0 radical (unpaired) electrons. The van der Waals surface area contributed by atoms with Crippen LogP contribution in [0.1, 0.15) is 31.7 Å². The predicted octanol–water partition coefficient (Wildman–Crippen LogP) is 4.48. The number of allylic oxidation sites excluding steroid dienone is 3. The van der Waals surface area contributed by atoms with E-state index in [2.05, 4.69) is 5.10 Å². The minimum absolute atomic E-state index is 0.00648. The Morgan fingerprint density at radius 2 is 1.88 bits per heavy atom. The predicted molar refractivity (Wildman–Crippen MR) is 115 cm³/mol. The first-order valence-corrected chi connectivity index (χ1v) is 10.7. The summed E-state index contributed by atoms with van der Waals surface area (Å²) in [6.45, 7) is 0. The molecular weight excluding hydrogens is 458 g/mol. The smallest absolute Gasteiger partial charge is 0.431 e. The van der Waals surface area contributed by atoms with Gasteiger partial charge in [-0.25, -0.2) is 9.48 Å². The van der Waals surface area contributed by atoms with Crippen LogP contribution in [-0.2, 0) is 14.3 Å². The van der Waals surface area contributed by atoms with E-state index in [1.54, 1.807) is 0 Å². The van der Waals surface area contributed by atoms with E-state index in [0.29, 0.717) is 25.7 Å². The van der Waals surface area contributed by atoms with E-state index in [-0.39, 0.29) is 34.3 Å². The SMILES string of the molecule is COC(=O)C1C=CC=C(C(F)(F)F)N1c1cc2c(F)n(C3CCC(C=O)CC3)nc2cc1OC. The van der Waals surface area contributed by atoms with E-state index in [0.717, 1.165) is 30.4 Å². The summed E-state index contributed by atoms with van der Waals surface area (Å²) in [6, 6.07) is 0.847. The summed E-state index contributed by atoms with van der Waals surface area (Å²) < 4.78 is 68.4. The van der Waals surface area contributed by atoms with Gasteiger partial charge in [0.05, 0.1) is 36.9 Å². The van der Waals surface area contributed by atoms with Gasteiger partial charge < -0.3 is 19.2 Å². The number of carbonyl (C=O) groups excluding carboxylic acids is 2. The summed E-state index contributed by atoms with van der Waals surface area (Å²) in [7, 11) is 2.34. The van der Waals surface area contributed by atoms with Gasteiger partial charge in [-0.05, 0) is 37.8 Å². The molecule has 1 atom stereocenters. The molecule has 1 unspecified atom stereocenters. The highest BCUT2D eigenvalue weighted by atomic mass is 19.4. The Bertz CT molecular complexity index is 1160. The fourth-order valence-electron chi connectivity index (χ4n) is 4.55. The normalized spacial score (nSPS) is 23.1. The van der Waals surface area contributed by atoms with Gasteiger partial charge in [0.2, 0.25) is 5.95 Å². The van der Waals surface area contributed by atoms with Crippen LogP contribution in [0.2, 0.25) is 0 Å². The second-order valence-electron chi connectivity index (χ2n) is 8.25. The zero-order valence-electron chi connectivity index (χ0n) is 18.5. The number of methoxy groups -OCH3 is 2. The first kappa shape index (κ1) is 23.8. The first-order valence-electron chi connectivity index (χ1n) is 10.7. The number of aldehydes is 1. The largest absolute Gasteiger partial charge is 0.494 e. The molecule has 2 aromatic rings. The number of hydrogen-bond donors (Lipinski definition) is 0. The lowest BCUT2D eigenvalue weighted by Crippen LogP contribution is -2.45. The van der Waals surface area contributed by atoms with E-state index in [1.165, 1.54) is 30.0 Å². The zero-order chi connectivity index (χ0) is 24.6. The van der Waals surface area contributed by atoms with Crippen molar-refractivity contribution in [2.75, 3.05) is 19.1 Å². The molecule has 2 heterocycles. The number of carbonyl (C=O) groups is 2. The van der Waals surface area contributed by atoms with Crippen LogP contribution >= 0.6 is 0 Å². The number of alkyl halides is 3. The molecule has 0 saturated heterocycles. The van der Waals surface area contributed by atoms with Crippen molar-refractivity contribution in [3.8, 4) is 5.75 Å². The van der Waals surface area contributed by atoms with Crippen molar-refractivity contribution in [1.82, 2.24) is 9.78 Å². The third kappa shape index (κ3) is 4.14. The monoisotopic (exact) mass is 481 g/mol. The van der Waals surface area contributed by atoms with E-state index in [9.17, 15) is 22.8 Å². The van der Waals surface area contributed by atoms with E-state index in [4.69, 9.17) is 9.47 Å². The van der Waals surface area contributed by atoms with Crippen molar-refractivity contribution in [3.63, 3.8) is 0 Å². The molecular formula is C23H23F4N3O4. The Hall–Kier alpha value is -3.37. The minimum atomic E-state index is -4.81. The van der Waals surface area contributed by atoms with Crippen molar-refractivity contribution < 1.29 is 36.6 Å². The van der Waals surface area contributed by atoms with Crippen LogP contribution in [0.15, 0.2) is 36.1 Å². The maximum Gasteiger partial charge on any atom is 0.431 e. The molecule has 11 heteroatoms. The van der Waals surface area contributed by atoms with Crippen molar-refractivity contribution in [2.24, 2.45) is 5.92 Å². The molecule has 182 valence electrons. The Balaban J connectivity index is 1.83. The number of hydrogen-bond acceptors (Lipinski definition) is 6. The van der Waals surface area contributed by atoms with Gasteiger partial charge >= 0.3 is 12.1 Å². The maximum atomic E-state index is 15.5. The van der Waals surface area contributed by atoms with Crippen molar-refractivity contribution in [3.05, 3.63) is 42.0 Å². The number of benzene rings is 1. The molecule has 1 aromatic heterocycles. The van der Waals surface area contributed by atoms with E-state index >= 15 is 4.39 Å². The van der Waals surface area contributed by atoms with Gasteiger partial charge in [-0.15, -0.1) is 0 Å². The molecule has 7 nitrogen and oxygen atoms in total. The molecule has 0 N–H and O–H groups in total. The number of nitrogens with zero attached hydrogens (tertiary/aromatic N) is 3. The molecule has 1 aliphatic carbocycles. The number of anilines is 1. The summed E-state index contributed by atoms with van der Waals surface area (Å²) in [5.74, 6) is -1.70. The van der Waals surface area contributed by atoms with Crippen LogP contribution in [0.25, 0.3) is 10.9 Å². The quantitative estimate of drug-likeness (QED) is 0.356. The van der Waals surface area contributed by atoms with Gasteiger partial charge in [0, 0.05) is 12.0 Å². The molecule has 34 heavy (non-hydrogen) atoms. The topological polar surface area (TPSA) is 73.7 Å². The number of halogens is 4. The summed E-state index contributed by atoms with van der Waals surface area (Å²) in [4.78, 5) is 24.1. The van der Waals surface area contributed by atoms with Crippen molar-refractivity contribution in [1.29, 1.82) is 0 Å². The van der Waals surface area contributed by atoms with E-state index in [1.807, 2.05) is 0 Å². The second kappa shape index (κ2) is 9.11. The lowest BCUT2D eigenvalue weighted by Gasteiger charge is -2.35. The zero-order valence-corrected chi connectivity index (χ0v) is 18.5. The number of fused-ring (bicyclic) bond motifs is 1. The Labute approximate surface area is 192 Å². The maximum absolute atomic E-state index is 15.5. The van der Waals surface area contributed by atoms with Gasteiger partial charge in [-0.1, -0.05) is 12.2 Å². The highest BCUT2D eigenvalue weighted by Gasteiger charge is 2.44. The third-order valence-corrected chi connectivity index (χ3v) is 6.29. The summed E-state index contributed by atoms with van der Waals surface area (Å²) >= 11 is 0. The highest BCUT2D eigenvalue weighted by Crippen LogP contribution is 2.43. The number of rotatable bonds is 5. The standard InChI is InChI=1S/C23H23F4N3O4/c1-33-19-11-16-15(21(24)30(28-16)14-8-6-13(12-31)7-9-14)10-18(19)29-17(22(32)34-2)4-3-5-20(29)23(25,26)27/h3-5,10-14,17H,6-9H2,1-2H3. The lowest BCUT2D eigenvalue weighted by atomic mass is 9.87. The lowest BCUT2D eigenvalue weighted by molar-refractivity contribution is -0.141. The molecule has 1 saturated carbocycles. The average molecular weight is 481 g/mol. The van der Waals surface area contributed by atoms with E-state index < -0.39 is 29.8 Å². The van der Waals surface area contributed by atoms with Gasteiger partial charge in [0.1, 0.15) is 17.7 Å². The number of ether oxygens (including phenoxy) is 2. The molecule has 0 spiro atoms. The Kier molecular flexibility index (Phi) is 6.37. The molecule has 4 rings (SSSR count). The molecule has 0 amide bonds. The highest BCUT2D eigenvalue weighted by molar-refractivity contribution is 5.91. The second-order valence-corrected chi connectivity index (χ2v) is 8.25. The Morgan fingerprint density at radius 3 is 2.47 bits per heavy atom. The van der Waals surface area contributed by atoms with Crippen LogP contribution in [0.4, 0.5) is 23.2 Å². The molecule has 0 bridgehead atoms. The minimum Gasteiger partial charge on any atom is -0.494 e. The van der Waals surface area contributed by atoms with Crippen LogP contribution in [0.5, 0.6) is 5.75 Å². The van der Waals surface area contributed by atoms with Crippen LogP contribution < -0.4 is 9.64 Å². The first-order chi connectivity index (χ1) is 16.2. The van der Waals surface area contributed by atoms with Crippen LogP contribution in [0, 0.1) is 11.9 Å². The third-order valence-electron chi connectivity index (χ3n) is 6.29. The van der Waals surface area contributed by atoms with Gasteiger partial charge in [0.25, 0.3) is 0 Å². The molecule has 1 aliphatic heterocycles. The fraction of sp³-hybridized carbons (Fsp3) is 0.435. The van der Waals surface area contributed by atoms with Crippen LogP contribution in [-0.4, -0.2) is 48.5 Å². The fourth-order valence-corrected chi connectivity index (χ4v) is 4.55.